The zero-order valence-electron chi connectivity index (χ0n) is 13.4. The summed E-state index contributed by atoms with van der Waals surface area (Å²) in [4.78, 5) is 0. The van der Waals surface area contributed by atoms with Crippen molar-refractivity contribution in [1.82, 2.24) is 5.16 Å². The highest BCUT2D eigenvalue weighted by Crippen LogP contribution is 2.07. The van der Waals surface area contributed by atoms with Gasteiger partial charge in [0.05, 0.1) is 32.1 Å². The van der Waals surface area contributed by atoms with E-state index in [1.807, 2.05) is 50.2 Å². The van der Waals surface area contributed by atoms with Gasteiger partial charge in [-0.15, -0.1) is 0 Å². The Kier molecular flexibility index (Phi) is 10.6. The van der Waals surface area contributed by atoms with Crippen LogP contribution in [0.2, 0.25) is 0 Å². The van der Waals surface area contributed by atoms with Crippen LogP contribution in [0.1, 0.15) is 19.5 Å². The summed E-state index contributed by atoms with van der Waals surface area (Å²) in [5, 5.41) is 3.80. The van der Waals surface area contributed by atoms with Gasteiger partial charge >= 0.3 is 0 Å². The molecule has 0 bridgehead atoms. The van der Waals surface area contributed by atoms with Crippen molar-refractivity contribution in [2.75, 3.05) is 33.0 Å². The quantitative estimate of drug-likeness (QED) is 0.630. The smallest absolute Gasteiger partial charge is 0.124 e. The van der Waals surface area contributed by atoms with Gasteiger partial charge in [-0.1, -0.05) is 37.2 Å². The normalized spacial score (nSPS) is 9.91. The molecule has 0 saturated heterocycles. The third kappa shape index (κ3) is 8.44. The summed E-state index contributed by atoms with van der Waals surface area (Å²) in [5.74, 6) is 0.861. The molecule has 122 valence electrons. The fourth-order valence-electron chi connectivity index (χ4n) is 1.60. The molecule has 0 radical (unpaired) electrons. The summed E-state index contributed by atoms with van der Waals surface area (Å²) < 4.78 is 21.1. The average molecular weight is 307 g/mol. The second kappa shape index (κ2) is 12.9. The van der Waals surface area contributed by atoms with Crippen LogP contribution in [-0.4, -0.2) is 38.2 Å². The third-order valence-electron chi connectivity index (χ3n) is 2.61. The second-order valence-corrected chi connectivity index (χ2v) is 4.13. The van der Waals surface area contributed by atoms with Crippen LogP contribution in [0.15, 0.2) is 47.2 Å². The van der Waals surface area contributed by atoms with Crippen LogP contribution in [-0.2, 0) is 15.9 Å². The van der Waals surface area contributed by atoms with Crippen LogP contribution < -0.4 is 4.74 Å². The lowest BCUT2D eigenvalue weighted by molar-refractivity contribution is 0.0370. The first-order chi connectivity index (χ1) is 10.9. The number of ether oxygens (including phenoxy) is 3. The number of nitrogens with zero attached hydrogens (tertiary/aromatic N) is 1. The molecule has 0 saturated carbocycles. The van der Waals surface area contributed by atoms with Gasteiger partial charge in [0.25, 0.3) is 0 Å². The Morgan fingerprint density at radius 1 is 0.864 bits per heavy atom. The first-order valence-corrected chi connectivity index (χ1v) is 7.68. The Morgan fingerprint density at radius 3 is 2.23 bits per heavy atom. The second-order valence-electron chi connectivity index (χ2n) is 4.13. The summed E-state index contributed by atoms with van der Waals surface area (Å²) in [5.41, 5.74) is 0.905. The van der Waals surface area contributed by atoms with E-state index in [4.69, 9.17) is 18.7 Å². The lowest BCUT2D eigenvalue weighted by atomic mass is 10.3. The summed E-state index contributed by atoms with van der Waals surface area (Å²) in [6.07, 6.45) is 2.32. The molecule has 0 aliphatic heterocycles. The van der Waals surface area contributed by atoms with Gasteiger partial charge in [0.1, 0.15) is 18.6 Å². The van der Waals surface area contributed by atoms with Crippen LogP contribution in [0.4, 0.5) is 0 Å². The number of aromatic nitrogens is 1. The van der Waals surface area contributed by atoms with Crippen molar-refractivity contribution in [1.29, 1.82) is 0 Å². The number of para-hydroxylation sites is 1. The monoisotopic (exact) mass is 307 g/mol. The van der Waals surface area contributed by atoms with E-state index in [-0.39, 0.29) is 0 Å². The Morgan fingerprint density at radius 2 is 1.55 bits per heavy atom. The maximum Gasteiger partial charge on any atom is 0.124 e. The molecule has 1 aromatic heterocycles. The molecule has 0 aliphatic rings. The van der Waals surface area contributed by atoms with Crippen molar-refractivity contribution >= 4 is 0 Å². The molecule has 1 aromatic carbocycles. The van der Waals surface area contributed by atoms with Gasteiger partial charge in [0.15, 0.2) is 0 Å². The average Bonchev–Trinajstić information content (AvgIpc) is 3.09. The lowest BCUT2D eigenvalue weighted by Gasteiger charge is -2.07. The fraction of sp³-hybridized carbons (Fsp3) is 0.471. The highest BCUT2D eigenvalue weighted by atomic mass is 16.5. The zero-order chi connectivity index (χ0) is 15.9. The summed E-state index contributed by atoms with van der Waals surface area (Å²) in [6.45, 7) is 6.86. The molecular weight excluding hydrogens is 282 g/mol. The van der Waals surface area contributed by atoms with Crippen LogP contribution in [0.5, 0.6) is 5.75 Å². The largest absolute Gasteiger partial charge is 0.491 e. The van der Waals surface area contributed by atoms with Crippen molar-refractivity contribution in [3.63, 3.8) is 0 Å². The standard InChI is InChI=1S/C15H19NO4.C2H6/c1-2-4-15(5-3-1)19-13-12-18-11-10-17-8-6-14-7-9-20-16-14;1-2/h1-5,7,9H,6,8,10-13H2;1-2H3. The van der Waals surface area contributed by atoms with Crippen LogP contribution in [0, 0.1) is 0 Å². The van der Waals surface area contributed by atoms with Crippen LogP contribution in [0.25, 0.3) is 0 Å². The Bertz CT molecular complexity index is 445. The van der Waals surface area contributed by atoms with Gasteiger partial charge in [-0.3, -0.25) is 0 Å². The number of rotatable bonds is 10. The van der Waals surface area contributed by atoms with E-state index in [1.54, 1.807) is 6.26 Å². The third-order valence-corrected chi connectivity index (χ3v) is 2.61. The van der Waals surface area contributed by atoms with E-state index < -0.39 is 0 Å². The van der Waals surface area contributed by atoms with Crippen molar-refractivity contribution in [2.24, 2.45) is 0 Å². The Hall–Kier alpha value is -1.85. The van der Waals surface area contributed by atoms with E-state index in [0.29, 0.717) is 33.0 Å². The molecule has 0 amide bonds. The number of hydrogen-bond donors (Lipinski definition) is 0. The summed E-state index contributed by atoms with van der Waals surface area (Å²) in [6, 6.07) is 11.5. The van der Waals surface area contributed by atoms with Crippen molar-refractivity contribution < 1.29 is 18.7 Å². The van der Waals surface area contributed by atoms with Gasteiger partial charge in [-0.2, -0.15) is 0 Å². The molecule has 0 fully saturated rings. The predicted molar refractivity (Wildman–Crippen MR) is 85.1 cm³/mol. The molecular formula is C17H25NO4. The Labute approximate surface area is 132 Å². The maximum absolute atomic E-state index is 5.50. The highest BCUT2D eigenvalue weighted by Gasteiger charge is 1.96. The number of hydrogen-bond acceptors (Lipinski definition) is 5. The van der Waals surface area contributed by atoms with Crippen LogP contribution >= 0.6 is 0 Å². The molecule has 1 heterocycles. The summed E-state index contributed by atoms with van der Waals surface area (Å²) >= 11 is 0. The molecule has 0 unspecified atom stereocenters. The first kappa shape index (κ1) is 18.2. The fourth-order valence-corrected chi connectivity index (χ4v) is 1.60. The van der Waals surface area contributed by atoms with Gasteiger partial charge in [-0.05, 0) is 12.1 Å². The Balaban J connectivity index is 0.00000116. The molecule has 22 heavy (non-hydrogen) atoms. The molecule has 0 spiro atoms. The van der Waals surface area contributed by atoms with Crippen molar-refractivity contribution in [2.45, 2.75) is 20.3 Å². The molecule has 2 rings (SSSR count). The molecule has 0 atom stereocenters. The minimum Gasteiger partial charge on any atom is -0.491 e. The van der Waals surface area contributed by atoms with Crippen molar-refractivity contribution in [3.05, 3.63) is 48.4 Å². The SMILES string of the molecule is CC.c1ccc(OCCOCCOCCc2ccon2)cc1. The van der Waals surface area contributed by atoms with Gasteiger partial charge in [0.2, 0.25) is 0 Å². The molecule has 5 nitrogen and oxygen atoms in total. The lowest BCUT2D eigenvalue weighted by Crippen LogP contribution is -2.11. The van der Waals surface area contributed by atoms with Crippen LogP contribution in [0.3, 0.4) is 0 Å². The van der Waals surface area contributed by atoms with Crippen molar-refractivity contribution in [3.8, 4) is 5.75 Å². The van der Waals surface area contributed by atoms with E-state index in [1.165, 1.54) is 0 Å². The van der Waals surface area contributed by atoms with E-state index >= 15 is 0 Å². The maximum atomic E-state index is 5.50. The topological polar surface area (TPSA) is 53.7 Å². The van der Waals surface area contributed by atoms with E-state index in [0.717, 1.165) is 17.9 Å². The minimum atomic E-state index is 0.545. The molecule has 0 N–H and O–H groups in total. The minimum absolute atomic E-state index is 0.545. The first-order valence-electron chi connectivity index (χ1n) is 7.68. The number of benzene rings is 1. The molecule has 0 aliphatic carbocycles. The van der Waals surface area contributed by atoms with Gasteiger partial charge < -0.3 is 18.7 Å². The molecule has 2 aromatic rings. The summed E-state index contributed by atoms with van der Waals surface area (Å²) in [7, 11) is 0. The van der Waals surface area contributed by atoms with E-state index in [2.05, 4.69) is 5.16 Å². The van der Waals surface area contributed by atoms with Gasteiger partial charge in [0, 0.05) is 12.5 Å². The highest BCUT2D eigenvalue weighted by molar-refractivity contribution is 5.20. The predicted octanol–water partition coefficient (Wildman–Crippen LogP) is 3.36. The van der Waals surface area contributed by atoms with Gasteiger partial charge in [-0.25, -0.2) is 0 Å². The zero-order valence-corrected chi connectivity index (χ0v) is 13.4. The van der Waals surface area contributed by atoms with E-state index in [9.17, 15) is 0 Å². The molecule has 5 heteroatoms.